The molecular formula is C36H50N4O4S. The molecule has 3 atom stereocenters. The maximum atomic E-state index is 12.3. The van der Waals surface area contributed by atoms with E-state index in [2.05, 4.69) is 46.9 Å². The standard InChI is InChI=1S/C28H36N4O3S.C4H6.C3H6.CH2O/c29-23(8-4-5-16-32-36(34,35)25-9-2-1-3-10-25)20-31-28-14-11-22-18-24(33)12-13-26(22)27(28)17-21-7-6-15-30-19-21;1-3-4-2;1-3-2;1-2/h1-3,6-7,9-10,12-13,15,18-19,23,27-28,31-33H,4-5,8,11,14,16-17,20,29H2;3-4H,1-2H2;3H,1H2,2H3;1H2. The number of nitrogens with zero attached hydrogens (tertiary/aromatic N) is 1. The van der Waals surface area contributed by atoms with Gasteiger partial charge in [0, 0.05) is 43.5 Å². The highest BCUT2D eigenvalue weighted by atomic mass is 32.2. The van der Waals surface area contributed by atoms with Gasteiger partial charge in [-0.2, -0.15) is 0 Å². The molecule has 5 N–H and O–H groups in total. The predicted octanol–water partition coefficient (Wildman–Crippen LogP) is 5.86. The fraction of sp³-hybridized carbons (Fsp3) is 0.333. The molecule has 1 heterocycles. The molecular weight excluding hydrogens is 584 g/mol. The fourth-order valence-electron chi connectivity index (χ4n) is 4.99. The van der Waals surface area contributed by atoms with Crippen LogP contribution in [0.3, 0.4) is 0 Å². The van der Waals surface area contributed by atoms with Gasteiger partial charge in [-0.05, 0) is 86.1 Å². The Bertz CT molecular complexity index is 1360. The summed E-state index contributed by atoms with van der Waals surface area (Å²) in [4.78, 5) is 12.6. The van der Waals surface area contributed by atoms with Crippen LogP contribution in [-0.2, 0) is 27.7 Å². The Labute approximate surface area is 270 Å². The summed E-state index contributed by atoms with van der Waals surface area (Å²) < 4.78 is 27.3. The molecule has 1 aliphatic carbocycles. The van der Waals surface area contributed by atoms with Crippen LogP contribution in [0.2, 0.25) is 0 Å². The van der Waals surface area contributed by atoms with E-state index in [4.69, 9.17) is 10.5 Å². The van der Waals surface area contributed by atoms with Gasteiger partial charge in [0.1, 0.15) is 12.5 Å². The van der Waals surface area contributed by atoms with Gasteiger partial charge in [0.25, 0.3) is 0 Å². The largest absolute Gasteiger partial charge is 0.508 e. The van der Waals surface area contributed by atoms with Crippen LogP contribution in [0.1, 0.15) is 55.2 Å². The number of carbonyl (C=O) groups excluding carboxylic acids is 1. The molecule has 0 saturated heterocycles. The van der Waals surface area contributed by atoms with E-state index in [1.165, 1.54) is 16.7 Å². The van der Waals surface area contributed by atoms with Crippen molar-refractivity contribution in [2.75, 3.05) is 13.1 Å². The van der Waals surface area contributed by atoms with Gasteiger partial charge in [-0.1, -0.05) is 68.1 Å². The molecule has 0 spiro atoms. The van der Waals surface area contributed by atoms with E-state index in [1.54, 1.807) is 60.8 Å². The molecule has 244 valence electrons. The number of fused-ring (bicyclic) bond motifs is 1. The molecule has 0 saturated carbocycles. The molecule has 45 heavy (non-hydrogen) atoms. The first-order valence-electron chi connectivity index (χ1n) is 15.1. The Morgan fingerprint density at radius 2 is 1.73 bits per heavy atom. The first kappa shape index (κ1) is 39.1. The molecule has 0 fully saturated rings. The average Bonchev–Trinajstić information content (AvgIpc) is 3.06. The van der Waals surface area contributed by atoms with Gasteiger partial charge in [-0.3, -0.25) is 4.98 Å². The highest BCUT2D eigenvalue weighted by molar-refractivity contribution is 7.89. The third-order valence-corrected chi connectivity index (χ3v) is 8.55. The highest BCUT2D eigenvalue weighted by Crippen LogP contribution is 2.36. The van der Waals surface area contributed by atoms with Crippen molar-refractivity contribution in [1.29, 1.82) is 0 Å². The summed E-state index contributed by atoms with van der Waals surface area (Å²) in [6, 6.07) is 18.5. The predicted molar refractivity (Wildman–Crippen MR) is 186 cm³/mol. The van der Waals surface area contributed by atoms with Crippen molar-refractivity contribution >= 4 is 16.8 Å². The van der Waals surface area contributed by atoms with Crippen LogP contribution >= 0.6 is 0 Å². The second kappa shape index (κ2) is 22.6. The van der Waals surface area contributed by atoms with Gasteiger partial charge in [-0.25, -0.2) is 13.1 Å². The van der Waals surface area contributed by atoms with Crippen LogP contribution < -0.4 is 15.8 Å². The Morgan fingerprint density at radius 1 is 1.04 bits per heavy atom. The molecule has 9 heteroatoms. The Morgan fingerprint density at radius 3 is 2.36 bits per heavy atom. The van der Waals surface area contributed by atoms with E-state index in [-0.39, 0.29) is 22.9 Å². The molecule has 0 amide bonds. The molecule has 0 aliphatic heterocycles. The Hall–Kier alpha value is -3.89. The van der Waals surface area contributed by atoms with Crippen molar-refractivity contribution in [2.24, 2.45) is 5.73 Å². The zero-order valence-corrected chi connectivity index (χ0v) is 27.3. The lowest BCUT2D eigenvalue weighted by molar-refractivity contribution is -0.0980. The number of sulfonamides is 1. The highest BCUT2D eigenvalue weighted by Gasteiger charge is 2.30. The number of unbranched alkanes of at least 4 members (excludes halogenated alkanes) is 1. The van der Waals surface area contributed by atoms with Gasteiger partial charge < -0.3 is 21.0 Å². The Balaban J connectivity index is 0.00000101. The molecule has 1 aromatic heterocycles. The molecule has 8 nitrogen and oxygen atoms in total. The number of phenols is 1. The lowest BCUT2D eigenvalue weighted by Gasteiger charge is -2.35. The lowest BCUT2D eigenvalue weighted by atomic mass is 9.76. The summed E-state index contributed by atoms with van der Waals surface area (Å²) in [5, 5.41) is 13.7. The van der Waals surface area contributed by atoms with Gasteiger partial charge in [0.15, 0.2) is 0 Å². The number of hydrogen-bond acceptors (Lipinski definition) is 7. The van der Waals surface area contributed by atoms with Crippen molar-refractivity contribution in [2.45, 2.75) is 68.3 Å². The van der Waals surface area contributed by atoms with Gasteiger partial charge in [0.2, 0.25) is 10.0 Å². The van der Waals surface area contributed by atoms with E-state index in [1.807, 2.05) is 32.0 Å². The number of rotatable bonds is 13. The first-order chi connectivity index (χ1) is 21.7. The molecule has 2 aromatic carbocycles. The number of nitrogens with one attached hydrogen (secondary N) is 2. The molecule has 0 bridgehead atoms. The van der Waals surface area contributed by atoms with Crippen LogP contribution in [0.4, 0.5) is 0 Å². The Kier molecular flexibility index (Phi) is 19.6. The SMILES string of the molecule is C=CC.C=CC=C.C=O.NC(CCCCNS(=O)(=O)c1ccccc1)CNC1CCc2cc(O)ccc2C1Cc1cccnc1. The zero-order valence-electron chi connectivity index (χ0n) is 26.5. The average molecular weight is 635 g/mol. The number of nitrogens with two attached hydrogens (primary N) is 1. The van der Waals surface area contributed by atoms with E-state index in [0.717, 1.165) is 38.5 Å². The van der Waals surface area contributed by atoms with E-state index in [0.29, 0.717) is 18.8 Å². The van der Waals surface area contributed by atoms with Crippen LogP contribution in [-0.4, -0.2) is 50.5 Å². The summed E-state index contributed by atoms with van der Waals surface area (Å²) in [5.74, 6) is 0.589. The van der Waals surface area contributed by atoms with E-state index in [9.17, 15) is 13.5 Å². The fourth-order valence-corrected chi connectivity index (χ4v) is 6.09. The van der Waals surface area contributed by atoms with Crippen molar-refractivity contribution in [3.8, 4) is 5.75 Å². The second-order valence-corrected chi connectivity index (χ2v) is 12.2. The summed E-state index contributed by atoms with van der Waals surface area (Å²) in [5.41, 5.74) is 10.1. The van der Waals surface area contributed by atoms with Crippen molar-refractivity contribution in [3.05, 3.63) is 128 Å². The number of allylic oxidation sites excluding steroid dienone is 3. The number of aryl methyl sites for hydroxylation is 1. The van der Waals surface area contributed by atoms with Gasteiger partial charge >= 0.3 is 0 Å². The number of hydrogen-bond donors (Lipinski definition) is 4. The quantitative estimate of drug-likeness (QED) is 0.105. The van der Waals surface area contributed by atoms with E-state index >= 15 is 0 Å². The minimum atomic E-state index is -3.46. The summed E-state index contributed by atoms with van der Waals surface area (Å²) in [6.45, 7) is 15.1. The zero-order chi connectivity index (χ0) is 33.5. The molecule has 0 radical (unpaired) electrons. The lowest BCUT2D eigenvalue weighted by Crippen LogP contribution is -2.44. The molecule has 3 aromatic rings. The first-order valence-corrected chi connectivity index (χ1v) is 16.6. The maximum Gasteiger partial charge on any atom is 0.240 e. The number of phenolic OH excluding ortho intramolecular Hbond substituents is 1. The van der Waals surface area contributed by atoms with Crippen molar-refractivity contribution in [1.82, 2.24) is 15.0 Å². The topological polar surface area (TPSA) is 134 Å². The smallest absolute Gasteiger partial charge is 0.240 e. The monoisotopic (exact) mass is 634 g/mol. The number of carbonyl (C=O) groups is 1. The normalized spacial score (nSPS) is 15.6. The summed E-state index contributed by atoms with van der Waals surface area (Å²) >= 11 is 0. The molecule has 1 aliphatic rings. The third kappa shape index (κ3) is 14.6. The second-order valence-electron chi connectivity index (χ2n) is 10.5. The number of aromatic nitrogens is 1. The van der Waals surface area contributed by atoms with Crippen LogP contribution in [0.5, 0.6) is 5.75 Å². The van der Waals surface area contributed by atoms with Crippen molar-refractivity contribution < 1.29 is 18.3 Å². The molecule has 4 rings (SSSR count). The van der Waals surface area contributed by atoms with Crippen molar-refractivity contribution in [3.63, 3.8) is 0 Å². The minimum absolute atomic E-state index is 0.00372. The van der Waals surface area contributed by atoms with E-state index < -0.39 is 10.0 Å². The number of aromatic hydroxyl groups is 1. The van der Waals surface area contributed by atoms with Crippen LogP contribution in [0, 0.1) is 0 Å². The summed E-state index contributed by atoms with van der Waals surface area (Å²) in [6.07, 6.45) is 13.9. The van der Waals surface area contributed by atoms with Gasteiger partial charge in [-0.15, -0.1) is 6.58 Å². The van der Waals surface area contributed by atoms with Crippen LogP contribution in [0.15, 0.2) is 116 Å². The van der Waals surface area contributed by atoms with Crippen LogP contribution in [0.25, 0.3) is 0 Å². The summed E-state index contributed by atoms with van der Waals surface area (Å²) in [7, 11) is -3.46. The number of pyridine rings is 1. The molecule has 3 unspecified atom stereocenters. The minimum Gasteiger partial charge on any atom is -0.508 e. The maximum absolute atomic E-state index is 12.3. The number of benzene rings is 2. The van der Waals surface area contributed by atoms with Gasteiger partial charge in [0.05, 0.1) is 4.90 Å². The third-order valence-electron chi connectivity index (χ3n) is 7.07.